The van der Waals surface area contributed by atoms with Crippen LogP contribution in [0.4, 0.5) is 11.4 Å². The normalized spacial score (nSPS) is 14.4. The number of anilines is 2. The Labute approximate surface area is 171 Å². The molecule has 0 amide bonds. The lowest BCUT2D eigenvalue weighted by molar-refractivity contribution is 0.244. The second kappa shape index (κ2) is 7.69. The summed E-state index contributed by atoms with van der Waals surface area (Å²) >= 11 is 0. The van der Waals surface area contributed by atoms with Crippen LogP contribution in [0, 0.1) is 11.3 Å². The lowest BCUT2D eigenvalue weighted by atomic mass is 10.0. The summed E-state index contributed by atoms with van der Waals surface area (Å²) in [6, 6.07) is 32.7. The third kappa shape index (κ3) is 3.65. The van der Waals surface area contributed by atoms with Gasteiger partial charge in [-0.05, 0) is 38.1 Å². The summed E-state index contributed by atoms with van der Waals surface area (Å²) in [6.07, 6.45) is 0. The van der Waals surface area contributed by atoms with E-state index in [0.29, 0.717) is 6.67 Å². The predicted molar refractivity (Wildman–Crippen MR) is 117 cm³/mol. The van der Waals surface area contributed by atoms with Gasteiger partial charge in [0.15, 0.2) is 5.84 Å². The molecule has 0 radical (unpaired) electrons. The Hall–Kier alpha value is -3.78. The van der Waals surface area contributed by atoms with Crippen LogP contribution >= 0.6 is 0 Å². The van der Waals surface area contributed by atoms with Crippen LogP contribution in [0.25, 0.3) is 0 Å². The van der Waals surface area contributed by atoms with Crippen LogP contribution in [0.2, 0.25) is 0 Å². The summed E-state index contributed by atoms with van der Waals surface area (Å²) in [5.74, 6) is 0.733. The Morgan fingerprint density at radius 3 is 1.86 bits per heavy atom. The molecule has 5 heteroatoms. The zero-order valence-electron chi connectivity index (χ0n) is 16.6. The third-order valence-corrected chi connectivity index (χ3v) is 4.87. The molecule has 0 aromatic heterocycles. The van der Waals surface area contributed by atoms with Crippen molar-refractivity contribution in [2.75, 3.05) is 16.7 Å². The van der Waals surface area contributed by atoms with Crippen molar-refractivity contribution in [1.29, 1.82) is 5.26 Å². The van der Waals surface area contributed by atoms with E-state index in [9.17, 15) is 5.26 Å². The molecule has 3 aromatic carbocycles. The largest absolute Gasteiger partial charge is 0.261 e. The van der Waals surface area contributed by atoms with Crippen LogP contribution in [0.1, 0.15) is 19.4 Å². The standard InChI is InChI=1S/C24H23N5/c1-24(2,18-25)29-23(20-12-6-3-7-13-20)26-27(21-14-8-4-9-15-21)19-28(29)22-16-10-5-11-17-22/h3-17H,19H2,1-2H3. The van der Waals surface area contributed by atoms with Crippen molar-refractivity contribution in [3.63, 3.8) is 0 Å². The quantitative estimate of drug-likeness (QED) is 0.648. The summed E-state index contributed by atoms with van der Waals surface area (Å²) in [5, 5.41) is 21.0. The van der Waals surface area contributed by atoms with Gasteiger partial charge in [0.2, 0.25) is 0 Å². The molecular weight excluding hydrogens is 358 g/mol. The SMILES string of the molecule is CC(C)(C#N)N1C(c2ccccc2)=NN(c2ccccc2)CN1c1ccccc1. The summed E-state index contributed by atoms with van der Waals surface area (Å²) in [5.41, 5.74) is 2.15. The smallest absolute Gasteiger partial charge is 0.176 e. The number of hydrazine groups is 1. The average molecular weight is 381 g/mol. The number of hydrogen-bond donors (Lipinski definition) is 0. The molecule has 0 saturated heterocycles. The molecule has 0 bridgehead atoms. The van der Waals surface area contributed by atoms with Crippen LogP contribution < -0.4 is 10.0 Å². The van der Waals surface area contributed by atoms with Crippen LogP contribution in [-0.4, -0.2) is 23.1 Å². The number of nitrogens with zero attached hydrogens (tertiary/aromatic N) is 5. The minimum absolute atomic E-state index is 0.496. The van der Waals surface area contributed by atoms with E-state index in [1.165, 1.54) is 0 Å². The molecule has 0 spiro atoms. The van der Waals surface area contributed by atoms with Crippen molar-refractivity contribution >= 4 is 17.2 Å². The Morgan fingerprint density at radius 1 is 0.793 bits per heavy atom. The molecule has 3 aromatic rings. The molecule has 0 unspecified atom stereocenters. The van der Waals surface area contributed by atoms with Crippen molar-refractivity contribution in [1.82, 2.24) is 5.01 Å². The van der Waals surface area contributed by atoms with Gasteiger partial charge in [0.05, 0.1) is 17.4 Å². The van der Waals surface area contributed by atoms with Gasteiger partial charge in [-0.2, -0.15) is 10.4 Å². The highest BCUT2D eigenvalue weighted by molar-refractivity contribution is 6.01. The molecule has 0 N–H and O–H groups in total. The molecule has 5 nitrogen and oxygen atoms in total. The lowest BCUT2D eigenvalue weighted by Crippen LogP contribution is -2.63. The zero-order chi connectivity index (χ0) is 20.3. The van der Waals surface area contributed by atoms with Crippen LogP contribution in [-0.2, 0) is 0 Å². The number of amidine groups is 1. The lowest BCUT2D eigenvalue weighted by Gasteiger charge is -2.49. The first kappa shape index (κ1) is 18.6. The van der Waals surface area contributed by atoms with E-state index in [4.69, 9.17) is 5.10 Å². The Kier molecular flexibility index (Phi) is 4.92. The predicted octanol–water partition coefficient (Wildman–Crippen LogP) is 4.85. The van der Waals surface area contributed by atoms with Gasteiger partial charge < -0.3 is 0 Å². The van der Waals surface area contributed by atoms with Gasteiger partial charge in [-0.15, -0.1) is 0 Å². The first-order valence-corrected chi connectivity index (χ1v) is 9.61. The number of hydrogen-bond acceptors (Lipinski definition) is 5. The number of nitriles is 1. The molecule has 0 atom stereocenters. The zero-order valence-corrected chi connectivity index (χ0v) is 16.6. The van der Waals surface area contributed by atoms with Crippen LogP contribution in [0.3, 0.4) is 0 Å². The summed E-state index contributed by atoms with van der Waals surface area (Å²) in [7, 11) is 0. The second-order valence-electron chi connectivity index (χ2n) is 7.38. The van der Waals surface area contributed by atoms with Crippen molar-refractivity contribution in [2.24, 2.45) is 5.10 Å². The highest BCUT2D eigenvalue weighted by Gasteiger charge is 2.39. The molecule has 4 rings (SSSR count). The van der Waals surface area contributed by atoms with E-state index >= 15 is 0 Å². The maximum atomic E-state index is 9.97. The van der Waals surface area contributed by atoms with E-state index in [1.807, 2.05) is 103 Å². The van der Waals surface area contributed by atoms with Gasteiger partial charge >= 0.3 is 0 Å². The van der Waals surface area contributed by atoms with Crippen molar-refractivity contribution in [3.8, 4) is 6.07 Å². The topological polar surface area (TPSA) is 45.9 Å². The molecular formula is C24H23N5. The fraction of sp³-hybridized carbons (Fsp3) is 0.167. The molecule has 1 aliphatic heterocycles. The fourth-order valence-electron chi connectivity index (χ4n) is 3.41. The highest BCUT2D eigenvalue weighted by atomic mass is 15.8. The average Bonchev–Trinajstić information content (AvgIpc) is 2.80. The Morgan fingerprint density at radius 2 is 1.31 bits per heavy atom. The number of benzene rings is 3. The Bertz CT molecular complexity index is 1020. The molecule has 0 saturated carbocycles. The summed E-state index contributed by atoms with van der Waals surface area (Å²) < 4.78 is 0. The van der Waals surface area contributed by atoms with Gasteiger partial charge in [-0.1, -0.05) is 66.7 Å². The molecule has 1 heterocycles. The van der Waals surface area contributed by atoms with Crippen molar-refractivity contribution < 1.29 is 0 Å². The monoisotopic (exact) mass is 381 g/mol. The fourth-order valence-corrected chi connectivity index (χ4v) is 3.41. The maximum absolute atomic E-state index is 9.97. The van der Waals surface area contributed by atoms with E-state index in [0.717, 1.165) is 22.8 Å². The minimum atomic E-state index is -0.798. The molecule has 1 aliphatic rings. The first-order valence-electron chi connectivity index (χ1n) is 9.61. The molecule has 0 fully saturated rings. The van der Waals surface area contributed by atoms with Crippen molar-refractivity contribution in [3.05, 3.63) is 96.6 Å². The van der Waals surface area contributed by atoms with Gasteiger partial charge in [0.1, 0.15) is 12.2 Å². The van der Waals surface area contributed by atoms with E-state index in [2.05, 4.69) is 23.2 Å². The van der Waals surface area contributed by atoms with Gasteiger partial charge in [0.25, 0.3) is 0 Å². The van der Waals surface area contributed by atoms with Gasteiger partial charge in [-0.25, -0.2) is 10.0 Å². The van der Waals surface area contributed by atoms with Gasteiger partial charge in [0, 0.05) is 5.56 Å². The van der Waals surface area contributed by atoms with Crippen molar-refractivity contribution in [2.45, 2.75) is 19.4 Å². The molecule has 144 valence electrons. The summed E-state index contributed by atoms with van der Waals surface area (Å²) in [4.78, 5) is 0. The van der Waals surface area contributed by atoms with E-state index in [1.54, 1.807) is 0 Å². The minimum Gasteiger partial charge on any atom is -0.261 e. The summed E-state index contributed by atoms with van der Waals surface area (Å²) in [6.45, 7) is 4.33. The maximum Gasteiger partial charge on any atom is 0.176 e. The molecule has 0 aliphatic carbocycles. The molecule has 29 heavy (non-hydrogen) atoms. The third-order valence-electron chi connectivity index (χ3n) is 4.87. The first-order chi connectivity index (χ1) is 14.1. The highest BCUT2D eigenvalue weighted by Crippen LogP contribution is 2.31. The van der Waals surface area contributed by atoms with E-state index < -0.39 is 5.54 Å². The number of para-hydroxylation sites is 2. The second-order valence-corrected chi connectivity index (χ2v) is 7.38. The van der Waals surface area contributed by atoms with E-state index in [-0.39, 0.29) is 0 Å². The van der Waals surface area contributed by atoms with Crippen LogP contribution in [0.15, 0.2) is 96.1 Å². The number of hydrazone groups is 1. The van der Waals surface area contributed by atoms with Gasteiger partial charge in [-0.3, -0.25) is 5.01 Å². The Balaban J connectivity index is 1.91. The van der Waals surface area contributed by atoms with Crippen LogP contribution in [0.5, 0.6) is 0 Å². The number of rotatable bonds is 4.